The fourth-order valence-electron chi connectivity index (χ4n) is 5.68. The molecule has 0 amide bonds. The first-order valence-electron chi connectivity index (χ1n) is 11.8. The van der Waals surface area contributed by atoms with E-state index in [-0.39, 0.29) is 23.8 Å². The molecule has 0 aromatic heterocycles. The second-order valence-corrected chi connectivity index (χ2v) is 9.44. The molecule has 2 aliphatic carbocycles. The van der Waals surface area contributed by atoms with Crippen molar-refractivity contribution in [3.05, 3.63) is 71.0 Å². The summed E-state index contributed by atoms with van der Waals surface area (Å²) in [5, 5.41) is 3.77. The van der Waals surface area contributed by atoms with Gasteiger partial charge in [0, 0.05) is 17.6 Å². The van der Waals surface area contributed by atoms with Crippen LogP contribution in [0.3, 0.4) is 0 Å². The van der Waals surface area contributed by atoms with Crippen molar-refractivity contribution in [2.75, 3.05) is 0 Å². The summed E-state index contributed by atoms with van der Waals surface area (Å²) >= 11 is 0. The van der Waals surface area contributed by atoms with Gasteiger partial charge in [-0.05, 0) is 61.1 Å². The molecule has 2 fully saturated rings. The molecule has 30 heavy (non-hydrogen) atoms. The Morgan fingerprint density at radius 1 is 0.900 bits per heavy atom. The second kappa shape index (κ2) is 10.8. The molecule has 0 spiro atoms. The summed E-state index contributed by atoms with van der Waals surface area (Å²) in [6.07, 6.45) is 12.5. The second-order valence-electron chi connectivity index (χ2n) is 9.44. The first-order valence-corrected chi connectivity index (χ1v) is 11.8. The molecule has 2 aromatic rings. The van der Waals surface area contributed by atoms with E-state index >= 15 is 0 Å². The van der Waals surface area contributed by atoms with Gasteiger partial charge in [0.15, 0.2) is 0 Å². The quantitative estimate of drug-likeness (QED) is 0.478. The molecule has 2 saturated carbocycles. The Morgan fingerprint density at radius 3 is 2.27 bits per heavy atom. The van der Waals surface area contributed by atoms with E-state index in [0.717, 1.165) is 36.8 Å². The highest BCUT2D eigenvalue weighted by Crippen LogP contribution is 2.40. The average Bonchev–Trinajstić information content (AvgIpc) is 3.23. The van der Waals surface area contributed by atoms with Crippen molar-refractivity contribution in [1.29, 1.82) is 0 Å². The summed E-state index contributed by atoms with van der Waals surface area (Å²) in [4.78, 5) is 0. The minimum absolute atomic E-state index is 0. The Hall–Kier alpha value is -1.38. The van der Waals surface area contributed by atoms with E-state index < -0.39 is 0 Å². The third-order valence-electron chi connectivity index (χ3n) is 7.54. The van der Waals surface area contributed by atoms with E-state index in [2.05, 4.69) is 36.5 Å². The largest absolute Gasteiger partial charge is 0.303 e. The molecule has 2 aliphatic rings. The lowest BCUT2D eigenvalue weighted by molar-refractivity contribution is 0.268. The first kappa shape index (κ1) is 23.3. The highest BCUT2D eigenvalue weighted by Gasteiger charge is 2.36. The highest BCUT2D eigenvalue weighted by atomic mass is 35.5. The number of hydrogen-bond donors (Lipinski definition) is 1. The summed E-state index contributed by atoms with van der Waals surface area (Å²) in [6.45, 7) is 3.14. The maximum absolute atomic E-state index is 14.5. The van der Waals surface area contributed by atoms with Gasteiger partial charge >= 0.3 is 0 Å². The average molecular weight is 430 g/mol. The predicted molar refractivity (Wildman–Crippen MR) is 127 cm³/mol. The van der Waals surface area contributed by atoms with Gasteiger partial charge in [-0.15, -0.1) is 12.4 Å². The van der Waals surface area contributed by atoms with Gasteiger partial charge in [-0.3, -0.25) is 0 Å². The van der Waals surface area contributed by atoms with Crippen LogP contribution in [0, 0.1) is 17.7 Å². The van der Waals surface area contributed by atoms with Crippen LogP contribution >= 0.6 is 12.4 Å². The van der Waals surface area contributed by atoms with Gasteiger partial charge in [0.05, 0.1) is 0 Å². The zero-order chi connectivity index (χ0) is 20.1. The van der Waals surface area contributed by atoms with Crippen LogP contribution in [0.4, 0.5) is 4.39 Å². The van der Waals surface area contributed by atoms with Crippen LogP contribution in [-0.4, -0.2) is 0 Å². The topological polar surface area (TPSA) is 12.0 Å². The molecular formula is C27H37ClFN. The van der Waals surface area contributed by atoms with Crippen LogP contribution < -0.4 is 5.32 Å². The molecule has 0 heterocycles. The minimum atomic E-state index is -0.208. The Kier molecular flexibility index (Phi) is 8.36. The Balaban J connectivity index is 0.00000256. The molecule has 0 aliphatic heterocycles. The minimum Gasteiger partial charge on any atom is -0.303 e. The Morgan fingerprint density at radius 2 is 1.57 bits per heavy atom. The normalized spacial score (nSPS) is 23.1. The fraction of sp³-hybridized carbons (Fsp3) is 0.556. The number of benzene rings is 2. The van der Waals surface area contributed by atoms with E-state index in [4.69, 9.17) is 0 Å². The van der Waals surface area contributed by atoms with Crippen LogP contribution in [0.5, 0.6) is 0 Å². The highest BCUT2D eigenvalue weighted by molar-refractivity contribution is 5.85. The maximum atomic E-state index is 14.5. The van der Waals surface area contributed by atoms with Gasteiger partial charge in [-0.2, -0.15) is 0 Å². The molecule has 2 aromatic carbocycles. The van der Waals surface area contributed by atoms with E-state index in [1.807, 2.05) is 12.1 Å². The van der Waals surface area contributed by atoms with Crippen molar-refractivity contribution in [2.45, 2.75) is 83.2 Å². The molecule has 0 radical (unpaired) electrons. The zero-order valence-corrected chi connectivity index (χ0v) is 19.2. The molecule has 0 saturated heterocycles. The number of nitrogens with one attached hydrogen (secondary N) is 1. The lowest BCUT2D eigenvalue weighted by Crippen LogP contribution is -2.40. The van der Waals surface area contributed by atoms with Crippen LogP contribution in [0.2, 0.25) is 0 Å². The number of halogens is 2. The standard InChI is InChI=1S/C27H36FN.ClH/c1-2-21-12-14-22(15-13-21)18-23-8-7-9-24(19-23)20-29-27(16-5-6-17-27)25-10-3-4-11-26(25)28;/h3-4,7-11,19,21-22,29H,2,5-6,12-18,20H2,1H3;1H. The van der Waals surface area contributed by atoms with Crippen molar-refractivity contribution in [3.8, 4) is 0 Å². The molecule has 1 nitrogen and oxygen atoms in total. The molecule has 164 valence electrons. The molecular weight excluding hydrogens is 393 g/mol. The van der Waals surface area contributed by atoms with Crippen LogP contribution in [0.1, 0.15) is 81.4 Å². The van der Waals surface area contributed by atoms with E-state index in [0.29, 0.717) is 0 Å². The molecule has 0 atom stereocenters. The fourth-order valence-corrected chi connectivity index (χ4v) is 5.68. The van der Waals surface area contributed by atoms with Crippen molar-refractivity contribution in [2.24, 2.45) is 11.8 Å². The van der Waals surface area contributed by atoms with Crippen molar-refractivity contribution in [3.63, 3.8) is 0 Å². The summed E-state index contributed by atoms with van der Waals surface area (Å²) in [5.41, 5.74) is 3.43. The molecule has 3 heteroatoms. The van der Waals surface area contributed by atoms with Gasteiger partial charge < -0.3 is 5.32 Å². The van der Waals surface area contributed by atoms with Crippen molar-refractivity contribution >= 4 is 12.4 Å². The smallest absolute Gasteiger partial charge is 0.128 e. The summed E-state index contributed by atoms with van der Waals surface area (Å²) < 4.78 is 14.5. The summed E-state index contributed by atoms with van der Waals surface area (Å²) in [7, 11) is 0. The molecule has 0 unspecified atom stereocenters. The van der Waals surface area contributed by atoms with Gasteiger partial charge in [0.1, 0.15) is 5.82 Å². The van der Waals surface area contributed by atoms with E-state index in [1.54, 1.807) is 12.1 Å². The van der Waals surface area contributed by atoms with Crippen LogP contribution in [0.25, 0.3) is 0 Å². The van der Waals surface area contributed by atoms with Gasteiger partial charge in [-0.1, -0.05) is 81.5 Å². The first-order chi connectivity index (χ1) is 14.2. The Bertz CT molecular complexity index is 791. The summed E-state index contributed by atoms with van der Waals surface area (Å²) in [5.74, 6) is 1.74. The third kappa shape index (κ3) is 5.45. The van der Waals surface area contributed by atoms with E-state index in [9.17, 15) is 4.39 Å². The Labute approximate surface area is 188 Å². The van der Waals surface area contributed by atoms with Gasteiger partial charge in [0.25, 0.3) is 0 Å². The van der Waals surface area contributed by atoms with Crippen LogP contribution in [-0.2, 0) is 18.5 Å². The third-order valence-corrected chi connectivity index (χ3v) is 7.54. The number of rotatable bonds is 7. The van der Waals surface area contributed by atoms with Gasteiger partial charge in [0.2, 0.25) is 0 Å². The van der Waals surface area contributed by atoms with E-state index in [1.165, 1.54) is 62.5 Å². The lowest BCUT2D eigenvalue weighted by atomic mass is 9.78. The lowest BCUT2D eigenvalue weighted by Gasteiger charge is -2.32. The van der Waals surface area contributed by atoms with Gasteiger partial charge in [-0.25, -0.2) is 4.39 Å². The summed E-state index contributed by atoms with van der Waals surface area (Å²) in [6, 6.07) is 16.4. The molecule has 0 bridgehead atoms. The SMILES string of the molecule is CCC1CCC(Cc2cccc(CNC3(c4ccccc4F)CCCC3)c2)CC1.Cl. The van der Waals surface area contributed by atoms with Crippen molar-refractivity contribution < 1.29 is 4.39 Å². The predicted octanol–water partition coefficient (Wildman–Crippen LogP) is 7.57. The zero-order valence-electron chi connectivity index (χ0n) is 18.3. The molecule has 1 N–H and O–H groups in total. The van der Waals surface area contributed by atoms with Crippen molar-refractivity contribution in [1.82, 2.24) is 5.32 Å². The molecule has 4 rings (SSSR count). The number of hydrogen-bond acceptors (Lipinski definition) is 1. The maximum Gasteiger partial charge on any atom is 0.128 e. The van der Waals surface area contributed by atoms with Crippen LogP contribution in [0.15, 0.2) is 48.5 Å². The monoisotopic (exact) mass is 429 g/mol.